The molecule has 0 N–H and O–H groups in total. The summed E-state index contributed by atoms with van der Waals surface area (Å²) in [5, 5.41) is 17.5. The fourth-order valence-corrected chi connectivity index (χ4v) is 4.88. The molecule has 0 aromatic heterocycles. The number of hydrogen-bond acceptors (Lipinski definition) is 6. The summed E-state index contributed by atoms with van der Waals surface area (Å²) in [5.74, 6) is -9.79. The molecule has 4 aromatic carbocycles. The van der Waals surface area contributed by atoms with Crippen LogP contribution >= 0.6 is 0 Å². The van der Waals surface area contributed by atoms with Gasteiger partial charge in [0.05, 0.1) is 11.1 Å². The first kappa shape index (κ1) is 35.2. The van der Waals surface area contributed by atoms with Crippen LogP contribution in [0.3, 0.4) is 0 Å². The third kappa shape index (κ3) is 9.01. The molecule has 0 radical (unpaired) electrons. The fraction of sp³-hybridized carbons (Fsp3) is 0.222. The molecule has 0 atom stereocenters. The van der Waals surface area contributed by atoms with E-state index in [9.17, 15) is 35.9 Å². The number of benzene rings is 4. The summed E-state index contributed by atoms with van der Waals surface area (Å²) in [6, 6.07) is 13.4. The van der Waals surface area contributed by atoms with Gasteiger partial charge in [0.15, 0.2) is 0 Å². The van der Waals surface area contributed by atoms with Gasteiger partial charge in [-0.25, -0.2) is 35.9 Å². The molecule has 0 fully saturated rings. The first-order valence-corrected chi connectivity index (χ1v) is 14.8. The number of nitrogens with zero attached hydrogens (tertiary/aromatic N) is 2. The van der Waals surface area contributed by atoms with Crippen LogP contribution in [-0.2, 0) is 12.8 Å². The highest BCUT2D eigenvalue weighted by molar-refractivity contribution is 5.92. The SMILES string of the molecule is N#Cc1c(F)cc(OC(=O)c2ccc(CCCCCCCCc3ccc(C(=O)Oc4cc(F)c(C#N)c(F)c4)c(F)c3)cc2F)cc1F. The highest BCUT2D eigenvalue weighted by Gasteiger charge is 2.19. The summed E-state index contributed by atoms with van der Waals surface area (Å²) in [6.45, 7) is 0. The second kappa shape index (κ2) is 16.3. The molecule has 0 aliphatic heterocycles. The Bertz CT molecular complexity index is 1750. The van der Waals surface area contributed by atoms with Gasteiger partial charge in [-0.3, -0.25) is 0 Å². The standard InChI is InChI=1S/C36H26F6N2O4/c37-29-13-21(9-11-25(29)35(45)47-23-15-31(39)27(19-43)32(40)16-23)7-5-3-1-2-4-6-8-22-10-12-26(30(38)14-22)36(46)48-24-17-33(41)28(20-44)34(42)18-24/h9-18H,1-8H2. The van der Waals surface area contributed by atoms with Crippen molar-refractivity contribution in [2.45, 2.75) is 51.4 Å². The van der Waals surface area contributed by atoms with Crippen molar-refractivity contribution in [2.24, 2.45) is 0 Å². The van der Waals surface area contributed by atoms with Gasteiger partial charge in [-0.15, -0.1) is 0 Å². The monoisotopic (exact) mass is 664 g/mol. The molecule has 0 saturated carbocycles. The first-order chi connectivity index (χ1) is 23.0. The number of esters is 2. The zero-order valence-corrected chi connectivity index (χ0v) is 25.2. The predicted octanol–water partition coefficient (Wildman–Crippen LogP) is 8.83. The third-order valence-corrected chi connectivity index (χ3v) is 7.36. The number of carbonyl (C=O) groups excluding carboxylic acids is 2. The molecule has 0 saturated heterocycles. The first-order valence-electron chi connectivity index (χ1n) is 14.8. The lowest BCUT2D eigenvalue weighted by atomic mass is 10.0. The number of nitriles is 2. The molecule has 6 nitrogen and oxygen atoms in total. The Morgan fingerprint density at radius 2 is 0.833 bits per heavy atom. The number of unbranched alkanes of at least 4 members (excludes halogenated alkanes) is 5. The average Bonchev–Trinajstić information content (AvgIpc) is 3.02. The lowest BCUT2D eigenvalue weighted by Gasteiger charge is -2.09. The van der Waals surface area contributed by atoms with E-state index in [1.807, 2.05) is 0 Å². The predicted molar refractivity (Wildman–Crippen MR) is 160 cm³/mol. The third-order valence-electron chi connectivity index (χ3n) is 7.36. The Balaban J connectivity index is 1.15. The van der Waals surface area contributed by atoms with Crippen LogP contribution in [-0.4, -0.2) is 11.9 Å². The molecule has 0 heterocycles. The molecular weight excluding hydrogens is 638 g/mol. The second-order valence-corrected chi connectivity index (χ2v) is 10.8. The van der Waals surface area contributed by atoms with E-state index in [2.05, 4.69) is 0 Å². The lowest BCUT2D eigenvalue weighted by Crippen LogP contribution is -2.11. The van der Waals surface area contributed by atoms with Gasteiger partial charge < -0.3 is 9.47 Å². The molecule has 48 heavy (non-hydrogen) atoms. The van der Waals surface area contributed by atoms with Crippen LogP contribution in [0.1, 0.15) is 81.5 Å². The van der Waals surface area contributed by atoms with E-state index in [1.165, 1.54) is 36.4 Å². The molecule has 4 aromatic rings. The maximum Gasteiger partial charge on any atom is 0.346 e. The molecule has 4 rings (SSSR count). The number of aryl methyl sites for hydroxylation is 2. The normalized spacial score (nSPS) is 10.7. The van der Waals surface area contributed by atoms with Crippen molar-refractivity contribution in [1.82, 2.24) is 0 Å². The molecule has 0 amide bonds. The average molecular weight is 665 g/mol. The summed E-state index contributed by atoms with van der Waals surface area (Å²) < 4.78 is 94.0. The Morgan fingerprint density at radius 1 is 0.500 bits per heavy atom. The van der Waals surface area contributed by atoms with Gasteiger partial charge >= 0.3 is 11.9 Å². The molecule has 0 aliphatic carbocycles. The minimum atomic E-state index is -1.21. The van der Waals surface area contributed by atoms with Crippen LogP contribution in [0.5, 0.6) is 11.5 Å². The smallest absolute Gasteiger partial charge is 0.346 e. The number of hydrogen-bond donors (Lipinski definition) is 0. The van der Waals surface area contributed by atoms with Crippen LogP contribution in [0.25, 0.3) is 0 Å². The van der Waals surface area contributed by atoms with Gasteiger partial charge in [0, 0.05) is 24.3 Å². The van der Waals surface area contributed by atoms with Crippen molar-refractivity contribution in [3.8, 4) is 23.6 Å². The Labute approximate surface area is 271 Å². The second-order valence-electron chi connectivity index (χ2n) is 10.8. The van der Waals surface area contributed by atoms with E-state index >= 15 is 0 Å². The molecule has 0 unspecified atom stereocenters. The Hall–Kier alpha value is -5.62. The summed E-state index contributed by atoms with van der Waals surface area (Å²) in [4.78, 5) is 24.6. The topological polar surface area (TPSA) is 100 Å². The van der Waals surface area contributed by atoms with Crippen molar-refractivity contribution in [2.75, 3.05) is 0 Å². The van der Waals surface area contributed by atoms with E-state index in [0.717, 1.165) is 38.5 Å². The lowest BCUT2D eigenvalue weighted by molar-refractivity contribution is 0.0718. The number of carbonyl (C=O) groups is 2. The summed E-state index contributed by atoms with van der Waals surface area (Å²) in [5.41, 5.74) is -1.15. The molecule has 12 heteroatoms. The Morgan fingerprint density at radius 3 is 1.15 bits per heavy atom. The van der Waals surface area contributed by atoms with Crippen molar-refractivity contribution in [3.63, 3.8) is 0 Å². The van der Waals surface area contributed by atoms with Crippen LogP contribution < -0.4 is 9.47 Å². The van der Waals surface area contributed by atoms with E-state index in [0.29, 0.717) is 48.2 Å². The van der Waals surface area contributed by atoms with Gasteiger partial charge in [-0.1, -0.05) is 37.8 Å². The fourth-order valence-electron chi connectivity index (χ4n) is 4.88. The quantitative estimate of drug-likeness (QED) is 0.0613. The van der Waals surface area contributed by atoms with Crippen molar-refractivity contribution in [3.05, 3.63) is 129 Å². The minimum absolute atomic E-state index is 0.408. The Kier molecular flexibility index (Phi) is 12.0. The molecular formula is C36H26F6N2O4. The van der Waals surface area contributed by atoms with Crippen molar-refractivity contribution < 1.29 is 45.4 Å². The van der Waals surface area contributed by atoms with Gasteiger partial charge in [-0.05, 0) is 61.1 Å². The van der Waals surface area contributed by atoms with E-state index in [4.69, 9.17) is 20.0 Å². The maximum absolute atomic E-state index is 14.6. The molecule has 0 spiro atoms. The van der Waals surface area contributed by atoms with Gasteiger partial charge in [-0.2, -0.15) is 10.5 Å². The minimum Gasteiger partial charge on any atom is -0.423 e. The van der Waals surface area contributed by atoms with Crippen LogP contribution in [0.4, 0.5) is 26.3 Å². The zero-order valence-electron chi connectivity index (χ0n) is 25.2. The number of rotatable bonds is 13. The summed E-state index contributed by atoms with van der Waals surface area (Å²) in [7, 11) is 0. The van der Waals surface area contributed by atoms with Gasteiger partial charge in [0.2, 0.25) is 0 Å². The van der Waals surface area contributed by atoms with Gasteiger partial charge in [0.1, 0.15) is 69.7 Å². The summed E-state index contributed by atoms with van der Waals surface area (Å²) in [6.07, 6.45) is 6.16. The molecule has 246 valence electrons. The number of halogens is 6. The highest BCUT2D eigenvalue weighted by atomic mass is 19.2. The van der Waals surface area contributed by atoms with Crippen molar-refractivity contribution in [1.29, 1.82) is 10.5 Å². The van der Waals surface area contributed by atoms with E-state index < -0.39 is 80.6 Å². The van der Waals surface area contributed by atoms with Crippen LogP contribution in [0.2, 0.25) is 0 Å². The molecule has 0 bridgehead atoms. The molecule has 0 aliphatic rings. The maximum atomic E-state index is 14.6. The van der Waals surface area contributed by atoms with Crippen molar-refractivity contribution >= 4 is 11.9 Å². The number of ether oxygens (including phenoxy) is 2. The van der Waals surface area contributed by atoms with Crippen LogP contribution in [0, 0.1) is 57.6 Å². The highest BCUT2D eigenvalue weighted by Crippen LogP contribution is 2.24. The van der Waals surface area contributed by atoms with E-state index in [1.54, 1.807) is 12.1 Å². The van der Waals surface area contributed by atoms with E-state index in [-0.39, 0.29) is 0 Å². The van der Waals surface area contributed by atoms with Crippen LogP contribution in [0.15, 0.2) is 60.7 Å². The largest absolute Gasteiger partial charge is 0.423 e. The van der Waals surface area contributed by atoms with Gasteiger partial charge in [0.25, 0.3) is 0 Å². The zero-order chi connectivity index (χ0) is 34.8. The summed E-state index contributed by atoms with van der Waals surface area (Å²) >= 11 is 0.